The molecule has 108 valence electrons. The summed E-state index contributed by atoms with van der Waals surface area (Å²) in [6, 6.07) is 21.2. The predicted molar refractivity (Wildman–Crippen MR) is 86.8 cm³/mol. The predicted octanol–water partition coefficient (Wildman–Crippen LogP) is 4.55. The van der Waals surface area contributed by atoms with Gasteiger partial charge in [0.15, 0.2) is 0 Å². The molecule has 21 heavy (non-hydrogen) atoms. The van der Waals surface area contributed by atoms with Crippen LogP contribution in [-0.4, -0.2) is 0 Å². The van der Waals surface area contributed by atoms with Crippen LogP contribution in [0.1, 0.15) is 48.9 Å². The van der Waals surface area contributed by atoms with E-state index in [-0.39, 0.29) is 6.04 Å². The third-order valence-electron chi connectivity index (χ3n) is 3.70. The fourth-order valence-corrected chi connectivity index (χ4v) is 2.35. The summed E-state index contributed by atoms with van der Waals surface area (Å²) in [4.78, 5) is 0. The fourth-order valence-electron chi connectivity index (χ4n) is 2.35. The van der Waals surface area contributed by atoms with Gasteiger partial charge in [0.25, 0.3) is 0 Å². The molecule has 2 aromatic rings. The Morgan fingerprint density at radius 1 is 0.952 bits per heavy atom. The molecule has 0 aliphatic heterocycles. The summed E-state index contributed by atoms with van der Waals surface area (Å²) < 4.78 is 0. The van der Waals surface area contributed by atoms with Crippen molar-refractivity contribution >= 4 is 0 Å². The molecule has 0 aromatic heterocycles. The SMILES string of the molecule is CC(C)c1ccc(CNC(CC#N)c2ccccc2)cc1. The zero-order valence-corrected chi connectivity index (χ0v) is 12.7. The molecule has 0 amide bonds. The Balaban J connectivity index is 2.00. The van der Waals surface area contributed by atoms with Gasteiger partial charge in [-0.25, -0.2) is 0 Å². The van der Waals surface area contributed by atoms with Gasteiger partial charge in [0.05, 0.1) is 12.5 Å². The Morgan fingerprint density at radius 2 is 1.62 bits per heavy atom. The first-order valence-electron chi connectivity index (χ1n) is 7.45. The molecule has 1 atom stereocenters. The Hall–Kier alpha value is -2.11. The monoisotopic (exact) mass is 278 g/mol. The van der Waals surface area contributed by atoms with Crippen LogP contribution in [0.15, 0.2) is 54.6 Å². The Kier molecular flexibility index (Phi) is 5.54. The number of rotatable bonds is 6. The van der Waals surface area contributed by atoms with E-state index in [1.165, 1.54) is 11.1 Å². The molecule has 0 saturated heterocycles. The molecule has 1 N–H and O–H groups in total. The van der Waals surface area contributed by atoms with Gasteiger partial charge < -0.3 is 5.32 Å². The first-order valence-corrected chi connectivity index (χ1v) is 7.45. The lowest BCUT2D eigenvalue weighted by atomic mass is 10.0. The van der Waals surface area contributed by atoms with E-state index in [9.17, 15) is 0 Å². The number of nitrogens with one attached hydrogen (secondary N) is 1. The summed E-state index contributed by atoms with van der Waals surface area (Å²) in [6.07, 6.45) is 0.480. The van der Waals surface area contributed by atoms with Gasteiger partial charge in [-0.15, -0.1) is 0 Å². The Labute approximate surface area is 127 Å². The average molecular weight is 278 g/mol. The van der Waals surface area contributed by atoms with Crippen molar-refractivity contribution in [2.75, 3.05) is 0 Å². The maximum absolute atomic E-state index is 9.00. The molecular weight excluding hydrogens is 256 g/mol. The van der Waals surface area contributed by atoms with Crippen molar-refractivity contribution in [3.8, 4) is 6.07 Å². The lowest BCUT2D eigenvalue weighted by molar-refractivity contribution is 0.542. The zero-order chi connectivity index (χ0) is 15.1. The van der Waals surface area contributed by atoms with Crippen LogP contribution in [0.5, 0.6) is 0 Å². The standard InChI is InChI=1S/C19H22N2/c1-15(2)17-10-8-16(9-11-17)14-21-19(12-13-20)18-6-4-3-5-7-18/h3-11,15,19,21H,12,14H2,1-2H3. The molecule has 0 saturated carbocycles. The van der Waals surface area contributed by atoms with Gasteiger partial charge in [0.2, 0.25) is 0 Å². The second kappa shape index (κ2) is 7.61. The topological polar surface area (TPSA) is 35.8 Å². The van der Waals surface area contributed by atoms with Crippen molar-refractivity contribution in [3.05, 3.63) is 71.3 Å². The van der Waals surface area contributed by atoms with Crippen LogP contribution in [0.4, 0.5) is 0 Å². The number of hydrogen-bond donors (Lipinski definition) is 1. The number of benzene rings is 2. The van der Waals surface area contributed by atoms with E-state index < -0.39 is 0 Å². The van der Waals surface area contributed by atoms with Crippen molar-refractivity contribution < 1.29 is 0 Å². The molecule has 0 bridgehead atoms. The fraction of sp³-hybridized carbons (Fsp3) is 0.316. The van der Waals surface area contributed by atoms with E-state index in [0.717, 1.165) is 12.1 Å². The van der Waals surface area contributed by atoms with Gasteiger partial charge in [0.1, 0.15) is 0 Å². The highest BCUT2D eigenvalue weighted by Gasteiger charge is 2.10. The van der Waals surface area contributed by atoms with Gasteiger partial charge >= 0.3 is 0 Å². The smallest absolute Gasteiger partial charge is 0.0641 e. The van der Waals surface area contributed by atoms with Crippen LogP contribution in [0.25, 0.3) is 0 Å². The lowest BCUT2D eigenvalue weighted by Crippen LogP contribution is -2.20. The second-order valence-electron chi connectivity index (χ2n) is 5.60. The Morgan fingerprint density at radius 3 is 2.19 bits per heavy atom. The number of nitrogens with zero attached hydrogens (tertiary/aromatic N) is 1. The molecule has 1 unspecified atom stereocenters. The second-order valence-corrected chi connectivity index (χ2v) is 5.60. The van der Waals surface area contributed by atoms with E-state index in [4.69, 9.17) is 5.26 Å². The third kappa shape index (κ3) is 4.44. The Bertz CT molecular complexity index is 579. The van der Waals surface area contributed by atoms with Gasteiger partial charge in [-0.1, -0.05) is 68.4 Å². The minimum absolute atomic E-state index is 0.0842. The minimum atomic E-state index is 0.0842. The highest BCUT2D eigenvalue weighted by atomic mass is 14.9. The highest BCUT2D eigenvalue weighted by Crippen LogP contribution is 2.18. The largest absolute Gasteiger partial charge is 0.305 e. The quantitative estimate of drug-likeness (QED) is 0.841. The first kappa shape index (κ1) is 15.3. The van der Waals surface area contributed by atoms with Crippen LogP contribution in [0, 0.1) is 11.3 Å². The van der Waals surface area contributed by atoms with Crippen LogP contribution >= 0.6 is 0 Å². The van der Waals surface area contributed by atoms with E-state index in [1.54, 1.807) is 0 Å². The van der Waals surface area contributed by atoms with Crippen molar-refractivity contribution in [1.29, 1.82) is 5.26 Å². The first-order chi connectivity index (χ1) is 10.2. The molecule has 0 fully saturated rings. The van der Waals surface area contributed by atoms with Crippen molar-refractivity contribution in [2.45, 2.75) is 38.8 Å². The summed E-state index contributed by atoms with van der Waals surface area (Å²) in [7, 11) is 0. The highest BCUT2D eigenvalue weighted by molar-refractivity contribution is 5.25. The van der Waals surface area contributed by atoms with Gasteiger partial charge in [0, 0.05) is 12.6 Å². The summed E-state index contributed by atoms with van der Waals surface area (Å²) in [5.41, 5.74) is 3.77. The van der Waals surface area contributed by atoms with Crippen molar-refractivity contribution in [1.82, 2.24) is 5.32 Å². The van der Waals surface area contributed by atoms with E-state index >= 15 is 0 Å². The molecular formula is C19H22N2. The zero-order valence-electron chi connectivity index (χ0n) is 12.7. The lowest BCUT2D eigenvalue weighted by Gasteiger charge is -2.16. The maximum Gasteiger partial charge on any atom is 0.0641 e. The van der Waals surface area contributed by atoms with E-state index in [1.807, 2.05) is 18.2 Å². The summed E-state index contributed by atoms with van der Waals surface area (Å²) in [6.45, 7) is 5.18. The van der Waals surface area contributed by atoms with Crippen molar-refractivity contribution in [3.63, 3.8) is 0 Å². The van der Waals surface area contributed by atoms with Crippen LogP contribution < -0.4 is 5.32 Å². The normalized spacial score (nSPS) is 12.1. The molecule has 2 heteroatoms. The molecule has 0 spiro atoms. The summed E-state index contributed by atoms with van der Waals surface area (Å²) in [5, 5.41) is 12.5. The maximum atomic E-state index is 9.00. The van der Waals surface area contributed by atoms with Crippen LogP contribution in [0.3, 0.4) is 0 Å². The summed E-state index contributed by atoms with van der Waals surface area (Å²) >= 11 is 0. The number of nitriles is 1. The number of hydrogen-bond acceptors (Lipinski definition) is 2. The van der Waals surface area contributed by atoms with E-state index in [0.29, 0.717) is 12.3 Å². The van der Waals surface area contributed by atoms with E-state index in [2.05, 4.69) is 61.6 Å². The van der Waals surface area contributed by atoms with Crippen molar-refractivity contribution in [2.24, 2.45) is 0 Å². The molecule has 0 aliphatic carbocycles. The molecule has 0 radical (unpaired) electrons. The van der Waals surface area contributed by atoms with Gasteiger partial charge in [-0.3, -0.25) is 0 Å². The molecule has 0 aliphatic rings. The minimum Gasteiger partial charge on any atom is -0.305 e. The molecule has 0 heterocycles. The average Bonchev–Trinajstić information content (AvgIpc) is 2.52. The van der Waals surface area contributed by atoms with Crippen LogP contribution in [0.2, 0.25) is 0 Å². The summed E-state index contributed by atoms with van der Waals surface area (Å²) in [5.74, 6) is 0.558. The molecule has 2 rings (SSSR count). The van der Waals surface area contributed by atoms with Crippen LogP contribution in [-0.2, 0) is 6.54 Å². The molecule has 2 aromatic carbocycles. The molecule has 2 nitrogen and oxygen atoms in total. The van der Waals surface area contributed by atoms with Gasteiger partial charge in [-0.2, -0.15) is 5.26 Å². The third-order valence-corrected chi connectivity index (χ3v) is 3.70. The van der Waals surface area contributed by atoms with Gasteiger partial charge in [-0.05, 0) is 22.6 Å².